The van der Waals surface area contributed by atoms with E-state index in [4.69, 9.17) is 21.1 Å². The molecule has 0 aliphatic carbocycles. The van der Waals surface area contributed by atoms with Gasteiger partial charge in [-0.05, 0) is 36.4 Å². The zero-order chi connectivity index (χ0) is 19.7. The predicted octanol–water partition coefficient (Wildman–Crippen LogP) is 3.75. The van der Waals surface area contributed by atoms with Crippen molar-refractivity contribution in [1.82, 2.24) is 5.32 Å². The second-order valence-corrected chi connectivity index (χ2v) is 7.93. The maximum atomic E-state index is 12.2. The summed E-state index contributed by atoms with van der Waals surface area (Å²) in [5, 5.41) is 2.75. The molecule has 2 saturated heterocycles. The molecular formula is C19H20ClN3O5S. The summed E-state index contributed by atoms with van der Waals surface area (Å²) in [5.74, 6) is -0.256. The Morgan fingerprint density at radius 1 is 1.10 bits per heavy atom. The molecule has 2 fully saturated rings. The number of cyclic esters (lactones) is 2. The molecule has 3 amide bonds. The van der Waals surface area contributed by atoms with Crippen LogP contribution in [0.5, 0.6) is 0 Å². The van der Waals surface area contributed by atoms with Gasteiger partial charge in [0.25, 0.3) is 5.91 Å². The summed E-state index contributed by atoms with van der Waals surface area (Å²) in [6.45, 7) is 1.38. The molecule has 0 unspecified atom stereocenters. The number of anilines is 2. The van der Waals surface area contributed by atoms with E-state index >= 15 is 0 Å². The van der Waals surface area contributed by atoms with E-state index in [9.17, 15) is 14.4 Å². The first-order valence-electron chi connectivity index (χ1n) is 8.57. The molecule has 0 spiro atoms. The molecule has 2 aromatic rings. The quantitative estimate of drug-likeness (QED) is 0.769. The number of thiophene rings is 1. The summed E-state index contributed by atoms with van der Waals surface area (Å²) < 4.78 is 10.8. The van der Waals surface area contributed by atoms with E-state index in [0.29, 0.717) is 40.3 Å². The van der Waals surface area contributed by atoms with E-state index < -0.39 is 12.2 Å². The summed E-state index contributed by atoms with van der Waals surface area (Å²) in [4.78, 5) is 39.4. The second kappa shape index (κ2) is 8.71. The molecule has 29 heavy (non-hydrogen) atoms. The number of ether oxygens (including phenoxy) is 2. The van der Waals surface area contributed by atoms with Crippen LogP contribution in [0.3, 0.4) is 0 Å². The van der Waals surface area contributed by atoms with Gasteiger partial charge in [-0.3, -0.25) is 14.6 Å². The van der Waals surface area contributed by atoms with Crippen LogP contribution in [0, 0.1) is 0 Å². The summed E-state index contributed by atoms with van der Waals surface area (Å²) >= 11 is 7.02. The fourth-order valence-corrected chi connectivity index (χ4v) is 3.97. The lowest BCUT2D eigenvalue weighted by Crippen LogP contribution is -2.34. The minimum Gasteiger partial charge on any atom is -0.447 e. The molecule has 0 bridgehead atoms. The molecule has 1 atom stereocenters. The van der Waals surface area contributed by atoms with Gasteiger partial charge in [0.05, 0.1) is 28.8 Å². The molecule has 10 heteroatoms. The van der Waals surface area contributed by atoms with Crippen LogP contribution in [0.15, 0.2) is 36.4 Å². The highest BCUT2D eigenvalue weighted by molar-refractivity contribution is 7.18. The minimum absolute atomic E-state index is 0. The molecule has 1 N–H and O–H groups in total. The first-order valence-corrected chi connectivity index (χ1v) is 9.77. The molecule has 1 aromatic carbocycles. The number of carbonyl (C=O) groups excluding carboxylic acids is 3. The molecule has 8 nitrogen and oxygen atoms in total. The van der Waals surface area contributed by atoms with Gasteiger partial charge >= 0.3 is 12.2 Å². The van der Waals surface area contributed by atoms with Crippen molar-refractivity contribution in [3.8, 4) is 0 Å². The van der Waals surface area contributed by atoms with Crippen molar-refractivity contribution in [2.45, 2.75) is 13.5 Å². The number of rotatable bonds is 5. The van der Waals surface area contributed by atoms with Crippen molar-refractivity contribution in [3.05, 3.63) is 45.6 Å². The molecule has 2 aliphatic rings. The number of benzene rings is 1. The normalized spacial score (nSPS) is 18.3. The highest BCUT2D eigenvalue weighted by Gasteiger charge is 2.33. The number of halogens is 1. The van der Waals surface area contributed by atoms with Gasteiger partial charge in [0.1, 0.15) is 12.7 Å². The van der Waals surface area contributed by atoms with Crippen LogP contribution in [0.2, 0.25) is 4.34 Å². The number of hydrogen-bond acceptors (Lipinski definition) is 6. The Balaban J connectivity index is 0.00000240. The van der Waals surface area contributed by atoms with Gasteiger partial charge in [0.2, 0.25) is 0 Å². The number of nitrogens with zero attached hydrogens (tertiary/aromatic N) is 2. The van der Waals surface area contributed by atoms with Crippen molar-refractivity contribution >= 4 is 52.4 Å². The van der Waals surface area contributed by atoms with Crippen molar-refractivity contribution in [2.24, 2.45) is 0 Å². The van der Waals surface area contributed by atoms with Gasteiger partial charge in [0.15, 0.2) is 0 Å². The fraction of sp³-hybridized carbons (Fsp3) is 0.316. The minimum atomic E-state index is -0.480. The van der Waals surface area contributed by atoms with Gasteiger partial charge < -0.3 is 14.8 Å². The van der Waals surface area contributed by atoms with Crippen LogP contribution in [0.25, 0.3) is 0 Å². The number of amides is 3. The molecule has 0 radical (unpaired) electrons. The van der Waals surface area contributed by atoms with Crippen molar-refractivity contribution in [3.63, 3.8) is 0 Å². The smallest absolute Gasteiger partial charge is 0.414 e. The average Bonchev–Trinajstić information content (AvgIpc) is 3.40. The van der Waals surface area contributed by atoms with Gasteiger partial charge in [-0.15, -0.1) is 11.3 Å². The standard InChI is InChI=1S/C18H16ClN3O5S.CH4/c19-15-6-5-14(28-15)16(23)20-9-13-10-22(18(25)27-13)12-3-1-11(2-4-12)21-7-8-26-17(21)24;/h1-6,13H,7-10H2,(H,20,23);1H4/t13-;/m0./s1. The summed E-state index contributed by atoms with van der Waals surface area (Å²) in [5.41, 5.74) is 1.36. The molecule has 0 saturated carbocycles. The van der Waals surface area contributed by atoms with Crippen LogP contribution >= 0.6 is 22.9 Å². The highest BCUT2D eigenvalue weighted by Crippen LogP contribution is 2.26. The van der Waals surface area contributed by atoms with Crippen LogP contribution in [0.1, 0.15) is 17.1 Å². The lowest BCUT2D eigenvalue weighted by atomic mass is 10.2. The SMILES string of the molecule is C.O=C(NC[C@H]1CN(c2ccc(N3CCOC3=O)cc2)C(=O)O1)c1ccc(Cl)s1. The van der Waals surface area contributed by atoms with Crippen molar-refractivity contribution in [1.29, 1.82) is 0 Å². The first-order chi connectivity index (χ1) is 13.5. The Morgan fingerprint density at radius 2 is 1.79 bits per heavy atom. The van der Waals surface area contributed by atoms with E-state index in [1.165, 1.54) is 21.1 Å². The Morgan fingerprint density at radius 3 is 2.38 bits per heavy atom. The Bertz CT molecular complexity index is 917. The monoisotopic (exact) mass is 437 g/mol. The first kappa shape index (κ1) is 20.9. The lowest BCUT2D eigenvalue weighted by Gasteiger charge is -2.16. The third-order valence-electron chi connectivity index (χ3n) is 4.40. The molecule has 2 aliphatic heterocycles. The van der Waals surface area contributed by atoms with E-state index in [0.717, 1.165) is 0 Å². The van der Waals surface area contributed by atoms with E-state index in [1.807, 2.05) is 0 Å². The van der Waals surface area contributed by atoms with Crippen LogP contribution in [-0.4, -0.2) is 50.4 Å². The third-order valence-corrected chi connectivity index (χ3v) is 5.63. The number of nitrogens with one attached hydrogen (secondary N) is 1. The Hall–Kier alpha value is -2.78. The zero-order valence-electron chi connectivity index (χ0n) is 14.6. The largest absolute Gasteiger partial charge is 0.447 e. The number of carbonyl (C=O) groups is 3. The summed E-state index contributed by atoms with van der Waals surface area (Å²) in [7, 11) is 0. The third kappa shape index (κ3) is 4.46. The second-order valence-electron chi connectivity index (χ2n) is 6.21. The topological polar surface area (TPSA) is 88.2 Å². The van der Waals surface area contributed by atoms with Crippen LogP contribution < -0.4 is 15.1 Å². The van der Waals surface area contributed by atoms with Crippen molar-refractivity contribution in [2.75, 3.05) is 36.0 Å². The number of hydrogen-bond donors (Lipinski definition) is 1. The van der Waals surface area contributed by atoms with Gasteiger partial charge in [-0.2, -0.15) is 0 Å². The average molecular weight is 438 g/mol. The van der Waals surface area contributed by atoms with Crippen LogP contribution in [0.4, 0.5) is 21.0 Å². The highest BCUT2D eigenvalue weighted by atomic mass is 35.5. The van der Waals surface area contributed by atoms with E-state index in [1.54, 1.807) is 36.4 Å². The molecule has 3 heterocycles. The molecule has 154 valence electrons. The van der Waals surface area contributed by atoms with E-state index in [-0.39, 0.29) is 26.0 Å². The predicted molar refractivity (Wildman–Crippen MR) is 111 cm³/mol. The Kier molecular flexibility index (Phi) is 6.29. The maximum Gasteiger partial charge on any atom is 0.414 e. The van der Waals surface area contributed by atoms with E-state index in [2.05, 4.69) is 5.32 Å². The lowest BCUT2D eigenvalue weighted by molar-refractivity contribution is 0.0920. The van der Waals surface area contributed by atoms with Crippen LogP contribution in [-0.2, 0) is 9.47 Å². The van der Waals surface area contributed by atoms with Crippen molar-refractivity contribution < 1.29 is 23.9 Å². The zero-order valence-corrected chi connectivity index (χ0v) is 16.2. The van der Waals surface area contributed by atoms with Gasteiger partial charge in [0, 0.05) is 11.4 Å². The Labute approximate surface area is 176 Å². The summed E-state index contributed by atoms with van der Waals surface area (Å²) in [6.07, 6.45) is -1.32. The summed E-state index contributed by atoms with van der Waals surface area (Å²) in [6, 6.07) is 10.3. The van der Waals surface area contributed by atoms with Gasteiger partial charge in [-0.1, -0.05) is 19.0 Å². The maximum absolute atomic E-state index is 12.2. The fourth-order valence-electron chi connectivity index (χ4n) is 3.01. The molecular weight excluding hydrogens is 418 g/mol. The molecule has 4 rings (SSSR count). The van der Waals surface area contributed by atoms with Gasteiger partial charge in [-0.25, -0.2) is 9.59 Å². The molecule has 1 aromatic heterocycles.